The topological polar surface area (TPSA) is 87.4 Å². The lowest BCUT2D eigenvalue weighted by atomic mass is 10.2. The van der Waals surface area contributed by atoms with Crippen molar-refractivity contribution in [3.05, 3.63) is 70.1 Å². The molecule has 0 fully saturated rings. The number of nitrogens with zero attached hydrogens (tertiary/aromatic N) is 3. The van der Waals surface area contributed by atoms with Gasteiger partial charge in [-0.2, -0.15) is 4.98 Å². The van der Waals surface area contributed by atoms with Gasteiger partial charge in [0, 0.05) is 0 Å². The summed E-state index contributed by atoms with van der Waals surface area (Å²) in [6.45, 7) is 0. The summed E-state index contributed by atoms with van der Waals surface area (Å²) in [5, 5.41) is 14.0. The molecule has 8 heteroatoms. The molecule has 0 atom stereocenters. The molecule has 0 aliphatic rings. The first kappa shape index (κ1) is 16.9. The Balaban J connectivity index is 1.86. The smallest absolute Gasteiger partial charge is 0.315 e. The number of methoxy groups -OCH3 is 1. The van der Waals surface area contributed by atoms with Crippen LogP contribution in [0.15, 0.2) is 60.0 Å². The highest BCUT2D eigenvalue weighted by Crippen LogP contribution is 2.37. The summed E-state index contributed by atoms with van der Waals surface area (Å²) in [5.74, 6) is 1.23. The minimum Gasteiger partial charge on any atom is -0.496 e. The third kappa shape index (κ3) is 3.30. The van der Waals surface area contributed by atoms with E-state index in [1.165, 1.54) is 30.6 Å². The van der Waals surface area contributed by atoms with E-state index >= 15 is 0 Å². The van der Waals surface area contributed by atoms with E-state index in [9.17, 15) is 10.1 Å². The normalized spacial score (nSPS) is 10.7. The maximum atomic E-state index is 11.4. The Hall–Kier alpha value is -3.52. The van der Waals surface area contributed by atoms with Gasteiger partial charge in [-0.3, -0.25) is 10.1 Å². The summed E-state index contributed by atoms with van der Waals surface area (Å²) in [5.41, 5.74) is 0.497. The first-order valence-corrected chi connectivity index (χ1v) is 8.84. The average molecular weight is 379 g/mol. The highest BCUT2D eigenvalue weighted by atomic mass is 32.1. The lowest BCUT2D eigenvalue weighted by Crippen LogP contribution is -1.98. The molecular formula is C19H13N3O4S. The standard InChI is InChI=1S/C19H13N3O4S/c1-25-12-8-9-16(15(11-12)22(23)24)26-19-13-5-2-3-6-14(13)20-18(21-19)17-7-4-10-27-17/h2-11H,1H3. The number of rotatable bonds is 5. The molecule has 134 valence electrons. The van der Waals surface area contributed by atoms with Gasteiger partial charge in [0.25, 0.3) is 0 Å². The van der Waals surface area contributed by atoms with E-state index in [-0.39, 0.29) is 17.3 Å². The van der Waals surface area contributed by atoms with Gasteiger partial charge in [-0.15, -0.1) is 11.3 Å². The molecule has 0 aliphatic carbocycles. The monoisotopic (exact) mass is 379 g/mol. The van der Waals surface area contributed by atoms with Crippen LogP contribution >= 0.6 is 11.3 Å². The molecule has 0 radical (unpaired) electrons. The van der Waals surface area contributed by atoms with E-state index in [0.29, 0.717) is 22.5 Å². The number of nitro groups is 1. The van der Waals surface area contributed by atoms with E-state index in [1.807, 2.05) is 41.8 Å². The highest BCUT2D eigenvalue weighted by molar-refractivity contribution is 7.13. The predicted octanol–water partition coefficient (Wildman–Crippen LogP) is 5.07. The van der Waals surface area contributed by atoms with E-state index in [1.54, 1.807) is 6.07 Å². The Morgan fingerprint density at radius 2 is 1.93 bits per heavy atom. The van der Waals surface area contributed by atoms with E-state index in [2.05, 4.69) is 9.97 Å². The molecule has 27 heavy (non-hydrogen) atoms. The summed E-state index contributed by atoms with van der Waals surface area (Å²) in [4.78, 5) is 20.9. The van der Waals surface area contributed by atoms with Crippen molar-refractivity contribution in [2.24, 2.45) is 0 Å². The molecule has 0 spiro atoms. The van der Waals surface area contributed by atoms with E-state index in [4.69, 9.17) is 9.47 Å². The average Bonchev–Trinajstić information content (AvgIpc) is 3.23. The van der Waals surface area contributed by atoms with Gasteiger partial charge < -0.3 is 9.47 Å². The van der Waals surface area contributed by atoms with Gasteiger partial charge in [0.15, 0.2) is 5.82 Å². The third-order valence-electron chi connectivity index (χ3n) is 3.88. The summed E-state index contributed by atoms with van der Waals surface area (Å²) in [7, 11) is 1.45. The zero-order valence-electron chi connectivity index (χ0n) is 14.2. The molecule has 0 saturated heterocycles. The number of nitro benzene ring substituents is 1. The van der Waals surface area contributed by atoms with Crippen molar-refractivity contribution in [1.82, 2.24) is 9.97 Å². The fourth-order valence-electron chi connectivity index (χ4n) is 2.60. The quantitative estimate of drug-likeness (QED) is 0.355. The van der Waals surface area contributed by atoms with Gasteiger partial charge in [-0.1, -0.05) is 18.2 Å². The molecule has 2 aromatic carbocycles. The SMILES string of the molecule is COc1ccc(Oc2nc(-c3cccs3)nc3ccccc23)c([N+](=O)[O-])c1. The number of hydrogen-bond acceptors (Lipinski definition) is 7. The molecule has 0 amide bonds. The van der Waals surface area contributed by atoms with Gasteiger partial charge in [0.1, 0.15) is 5.75 Å². The van der Waals surface area contributed by atoms with Gasteiger partial charge in [0.2, 0.25) is 11.6 Å². The van der Waals surface area contributed by atoms with Crippen molar-refractivity contribution in [2.75, 3.05) is 7.11 Å². The van der Waals surface area contributed by atoms with E-state index in [0.717, 1.165) is 4.88 Å². The molecule has 0 N–H and O–H groups in total. The van der Waals surface area contributed by atoms with Crippen molar-refractivity contribution in [2.45, 2.75) is 0 Å². The third-order valence-corrected chi connectivity index (χ3v) is 4.75. The van der Waals surface area contributed by atoms with Crippen LogP contribution in [0.25, 0.3) is 21.6 Å². The van der Waals surface area contributed by atoms with Gasteiger partial charge in [-0.05, 0) is 35.7 Å². The van der Waals surface area contributed by atoms with Crippen LogP contribution in [0.3, 0.4) is 0 Å². The van der Waals surface area contributed by atoms with Crippen LogP contribution in [0.4, 0.5) is 5.69 Å². The summed E-state index contributed by atoms with van der Waals surface area (Å²) in [6, 6.07) is 15.6. The number of aromatic nitrogens is 2. The summed E-state index contributed by atoms with van der Waals surface area (Å²) in [6.07, 6.45) is 0. The maximum absolute atomic E-state index is 11.4. The Labute approximate surface area is 158 Å². The Kier molecular flexibility index (Phi) is 4.39. The fourth-order valence-corrected chi connectivity index (χ4v) is 3.26. The maximum Gasteiger partial charge on any atom is 0.315 e. The summed E-state index contributed by atoms with van der Waals surface area (Å²) >= 11 is 1.51. The minimum absolute atomic E-state index is 0.0850. The molecule has 4 rings (SSSR count). The number of benzene rings is 2. The van der Waals surface area contributed by atoms with Crippen LogP contribution in [0.5, 0.6) is 17.4 Å². The number of thiophene rings is 1. The number of hydrogen-bond donors (Lipinski definition) is 0. The van der Waals surface area contributed by atoms with Crippen LogP contribution in [0, 0.1) is 10.1 Å². The number of para-hydroxylation sites is 1. The van der Waals surface area contributed by atoms with Crippen molar-refractivity contribution in [3.63, 3.8) is 0 Å². The predicted molar refractivity (Wildman–Crippen MR) is 103 cm³/mol. The van der Waals surface area contributed by atoms with Crippen molar-refractivity contribution >= 4 is 27.9 Å². The molecule has 0 saturated carbocycles. The zero-order chi connectivity index (χ0) is 18.8. The van der Waals surface area contributed by atoms with Crippen LogP contribution in [0.1, 0.15) is 0 Å². The van der Waals surface area contributed by atoms with Gasteiger partial charge in [0.05, 0.1) is 33.9 Å². The fraction of sp³-hybridized carbons (Fsp3) is 0.0526. The largest absolute Gasteiger partial charge is 0.496 e. The second-order valence-corrected chi connectivity index (χ2v) is 6.49. The van der Waals surface area contributed by atoms with Crippen molar-refractivity contribution < 1.29 is 14.4 Å². The Bertz CT molecular complexity index is 1130. The molecule has 4 aromatic rings. The Morgan fingerprint density at radius 3 is 2.67 bits per heavy atom. The molecular weight excluding hydrogens is 366 g/mol. The first-order valence-electron chi connectivity index (χ1n) is 7.96. The van der Waals surface area contributed by atoms with Crippen LogP contribution in [0.2, 0.25) is 0 Å². The first-order chi connectivity index (χ1) is 13.2. The minimum atomic E-state index is -0.512. The molecule has 2 heterocycles. The second kappa shape index (κ2) is 7.00. The Morgan fingerprint density at radius 1 is 1.07 bits per heavy atom. The van der Waals surface area contributed by atoms with Gasteiger partial charge >= 0.3 is 5.69 Å². The van der Waals surface area contributed by atoms with Crippen LogP contribution in [-0.2, 0) is 0 Å². The van der Waals surface area contributed by atoms with Gasteiger partial charge in [-0.25, -0.2) is 4.98 Å². The van der Waals surface area contributed by atoms with Crippen molar-refractivity contribution in [3.8, 4) is 28.1 Å². The molecule has 7 nitrogen and oxygen atoms in total. The molecule has 0 unspecified atom stereocenters. The zero-order valence-corrected chi connectivity index (χ0v) is 15.0. The lowest BCUT2D eigenvalue weighted by Gasteiger charge is -2.10. The number of fused-ring (bicyclic) bond motifs is 1. The summed E-state index contributed by atoms with van der Waals surface area (Å²) < 4.78 is 10.9. The number of ether oxygens (including phenoxy) is 2. The van der Waals surface area contributed by atoms with Crippen LogP contribution in [-0.4, -0.2) is 22.0 Å². The molecule has 2 aromatic heterocycles. The lowest BCUT2D eigenvalue weighted by molar-refractivity contribution is -0.385. The molecule has 0 aliphatic heterocycles. The van der Waals surface area contributed by atoms with Crippen LogP contribution < -0.4 is 9.47 Å². The van der Waals surface area contributed by atoms with E-state index < -0.39 is 4.92 Å². The molecule has 0 bridgehead atoms. The highest BCUT2D eigenvalue weighted by Gasteiger charge is 2.20. The van der Waals surface area contributed by atoms with Crippen molar-refractivity contribution in [1.29, 1.82) is 0 Å². The second-order valence-electron chi connectivity index (χ2n) is 5.54.